The number of nitrogens with two attached hydrogens (primary N) is 1. The Morgan fingerprint density at radius 3 is 2.78 bits per heavy atom. The molecular weight excluding hydrogens is 232 g/mol. The maximum absolute atomic E-state index is 11.6. The lowest BCUT2D eigenvalue weighted by Gasteiger charge is -2.11. The Balaban J connectivity index is 2.25. The highest BCUT2D eigenvalue weighted by atomic mass is 16.2. The average molecular weight is 252 g/mol. The Bertz CT molecular complexity index is 414. The molecule has 0 aliphatic heterocycles. The molecule has 0 bridgehead atoms. The van der Waals surface area contributed by atoms with Crippen LogP contribution in [0.15, 0.2) is 12.3 Å². The van der Waals surface area contributed by atoms with Gasteiger partial charge in [-0.1, -0.05) is 6.92 Å². The summed E-state index contributed by atoms with van der Waals surface area (Å²) in [6.45, 7) is 4.25. The minimum atomic E-state index is -0.261. The molecule has 1 unspecified atom stereocenters. The number of hydrogen-bond donors (Lipinski definition) is 4. The summed E-state index contributed by atoms with van der Waals surface area (Å²) in [6.07, 6.45) is 2.71. The number of rotatable bonds is 6. The van der Waals surface area contributed by atoms with Gasteiger partial charge in [-0.3, -0.25) is 9.59 Å². The van der Waals surface area contributed by atoms with Gasteiger partial charge in [-0.05, 0) is 19.4 Å². The van der Waals surface area contributed by atoms with Crippen molar-refractivity contribution in [2.24, 2.45) is 0 Å². The van der Waals surface area contributed by atoms with Gasteiger partial charge in [0, 0.05) is 30.9 Å². The summed E-state index contributed by atoms with van der Waals surface area (Å²) in [4.78, 5) is 25.8. The smallest absolute Gasteiger partial charge is 0.267 e. The number of carbonyl (C=O) groups excluding carboxylic acids is 2. The molecule has 5 N–H and O–H groups in total. The van der Waals surface area contributed by atoms with Crippen LogP contribution in [-0.2, 0) is 4.79 Å². The van der Waals surface area contributed by atoms with Gasteiger partial charge in [0.05, 0.1) is 0 Å². The normalized spacial score (nSPS) is 11.9. The fraction of sp³-hybridized carbons (Fsp3) is 0.500. The van der Waals surface area contributed by atoms with Gasteiger partial charge in [0.25, 0.3) is 5.91 Å². The van der Waals surface area contributed by atoms with Crippen molar-refractivity contribution in [2.45, 2.75) is 32.7 Å². The molecule has 0 fully saturated rings. The van der Waals surface area contributed by atoms with Gasteiger partial charge in [0.1, 0.15) is 5.69 Å². The number of H-pyrrole nitrogens is 1. The van der Waals surface area contributed by atoms with Crippen molar-refractivity contribution in [3.8, 4) is 0 Å². The van der Waals surface area contributed by atoms with Crippen molar-refractivity contribution >= 4 is 17.5 Å². The van der Waals surface area contributed by atoms with Gasteiger partial charge in [-0.25, -0.2) is 0 Å². The zero-order valence-corrected chi connectivity index (χ0v) is 10.7. The van der Waals surface area contributed by atoms with Crippen LogP contribution in [0.2, 0.25) is 0 Å². The molecule has 1 aromatic rings. The van der Waals surface area contributed by atoms with Crippen molar-refractivity contribution in [3.63, 3.8) is 0 Å². The molecule has 6 nitrogen and oxygen atoms in total. The second-order valence-corrected chi connectivity index (χ2v) is 4.23. The third-order valence-electron chi connectivity index (χ3n) is 2.61. The highest BCUT2D eigenvalue weighted by Gasteiger charge is 2.09. The van der Waals surface area contributed by atoms with Crippen molar-refractivity contribution in [1.82, 2.24) is 15.6 Å². The zero-order valence-electron chi connectivity index (χ0n) is 10.7. The second-order valence-electron chi connectivity index (χ2n) is 4.23. The number of aromatic nitrogens is 1. The molecule has 1 heterocycles. The van der Waals surface area contributed by atoms with Crippen molar-refractivity contribution in [2.75, 3.05) is 12.3 Å². The Morgan fingerprint density at radius 2 is 2.22 bits per heavy atom. The van der Waals surface area contributed by atoms with Crippen molar-refractivity contribution < 1.29 is 9.59 Å². The standard InChI is InChI=1S/C12H20N4O2/c1-3-8(2)16-11(17)4-5-14-12(18)10-6-9(13)7-15-10/h6-8,15H,3-5,13H2,1-2H3,(H,14,18)(H,16,17). The van der Waals surface area contributed by atoms with Crippen LogP contribution < -0.4 is 16.4 Å². The average Bonchev–Trinajstić information content (AvgIpc) is 2.75. The first kappa shape index (κ1) is 14.1. The third kappa shape index (κ3) is 4.48. The lowest BCUT2D eigenvalue weighted by atomic mass is 10.2. The summed E-state index contributed by atoms with van der Waals surface area (Å²) >= 11 is 0. The minimum absolute atomic E-state index is 0.0596. The van der Waals surface area contributed by atoms with E-state index in [1.54, 1.807) is 12.3 Å². The van der Waals surface area contributed by atoms with Crippen LogP contribution in [0.25, 0.3) is 0 Å². The maximum atomic E-state index is 11.6. The van der Waals surface area contributed by atoms with E-state index in [2.05, 4.69) is 15.6 Å². The molecule has 0 aliphatic rings. The lowest BCUT2D eigenvalue weighted by molar-refractivity contribution is -0.121. The van der Waals surface area contributed by atoms with Gasteiger partial charge in [-0.15, -0.1) is 0 Å². The van der Waals surface area contributed by atoms with E-state index in [4.69, 9.17) is 5.73 Å². The van der Waals surface area contributed by atoms with Crippen molar-refractivity contribution in [3.05, 3.63) is 18.0 Å². The molecule has 0 aliphatic carbocycles. The summed E-state index contributed by atoms with van der Waals surface area (Å²) in [5.41, 5.74) is 6.39. The predicted octanol–water partition coefficient (Wildman–Crippen LogP) is 0.631. The number of aromatic amines is 1. The molecule has 1 aromatic heterocycles. The Kier molecular flexibility index (Phi) is 5.23. The second kappa shape index (κ2) is 6.68. The van der Waals surface area contributed by atoms with E-state index in [0.717, 1.165) is 6.42 Å². The van der Waals surface area contributed by atoms with E-state index in [1.165, 1.54) is 0 Å². The monoisotopic (exact) mass is 252 g/mol. The van der Waals surface area contributed by atoms with Gasteiger partial charge < -0.3 is 21.4 Å². The fourth-order valence-corrected chi connectivity index (χ4v) is 1.38. The van der Waals surface area contributed by atoms with Gasteiger partial charge in [0.15, 0.2) is 0 Å². The number of amides is 2. The van der Waals surface area contributed by atoms with E-state index >= 15 is 0 Å². The van der Waals surface area contributed by atoms with Gasteiger partial charge >= 0.3 is 0 Å². The van der Waals surface area contributed by atoms with E-state index < -0.39 is 0 Å². The summed E-state index contributed by atoms with van der Waals surface area (Å²) in [7, 11) is 0. The number of nitrogen functional groups attached to an aromatic ring is 1. The van der Waals surface area contributed by atoms with Crippen LogP contribution in [0.5, 0.6) is 0 Å². The van der Waals surface area contributed by atoms with Crippen LogP contribution in [0.4, 0.5) is 5.69 Å². The van der Waals surface area contributed by atoms with E-state index in [1.807, 2.05) is 13.8 Å². The van der Waals surface area contributed by atoms with Crippen LogP contribution in [0, 0.1) is 0 Å². The first-order valence-corrected chi connectivity index (χ1v) is 6.04. The predicted molar refractivity (Wildman–Crippen MR) is 70.1 cm³/mol. The first-order chi connectivity index (χ1) is 8.52. The summed E-state index contributed by atoms with van der Waals surface area (Å²) in [5, 5.41) is 5.48. The number of anilines is 1. The maximum Gasteiger partial charge on any atom is 0.267 e. The van der Waals surface area contributed by atoms with Gasteiger partial charge in [0.2, 0.25) is 5.91 Å². The SMILES string of the molecule is CCC(C)NC(=O)CCNC(=O)c1cc(N)c[nH]1. The number of carbonyl (C=O) groups is 2. The molecule has 6 heteroatoms. The lowest BCUT2D eigenvalue weighted by Crippen LogP contribution is -2.35. The van der Waals surface area contributed by atoms with Crippen molar-refractivity contribution in [1.29, 1.82) is 0 Å². The van der Waals surface area contributed by atoms with Crippen LogP contribution in [-0.4, -0.2) is 29.4 Å². The van der Waals surface area contributed by atoms with E-state index in [9.17, 15) is 9.59 Å². The van der Waals surface area contributed by atoms with E-state index in [0.29, 0.717) is 17.9 Å². The molecule has 0 saturated carbocycles. The Labute approximate surface area is 106 Å². The van der Waals surface area contributed by atoms with Gasteiger partial charge in [-0.2, -0.15) is 0 Å². The largest absolute Gasteiger partial charge is 0.397 e. The minimum Gasteiger partial charge on any atom is -0.397 e. The van der Waals surface area contributed by atoms with Crippen LogP contribution >= 0.6 is 0 Å². The summed E-state index contributed by atoms with van der Waals surface area (Å²) < 4.78 is 0. The topological polar surface area (TPSA) is 100 Å². The molecule has 0 radical (unpaired) electrons. The highest BCUT2D eigenvalue weighted by Crippen LogP contribution is 2.03. The number of nitrogens with one attached hydrogen (secondary N) is 3. The quantitative estimate of drug-likeness (QED) is 0.597. The summed E-state index contributed by atoms with van der Waals surface area (Å²) in [5.74, 6) is -0.321. The molecule has 18 heavy (non-hydrogen) atoms. The van der Waals surface area contributed by atoms with Crippen LogP contribution in [0.3, 0.4) is 0 Å². The first-order valence-electron chi connectivity index (χ1n) is 6.04. The molecule has 0 saturated heterocycles. The summed E-state index contributed by atoms with van der Waals surface area (Å²) in [6, 6.07) is 1.71. The molecule has 2 amide bonds. The Morgan fingerprint density at radius 1 is 1.50 bits per heavy atom. The molecule has 0 aromatic carbocycles. The molecule has 0 spiro atoms. The Hall–Kier alpha value is -1.98. The fourth-order valence-electron chi connectivity index (χ4n) is 1.38. The molecular formula is C12H20N4O2. The molecule has 1 atom stereocenters. The zero-order chi connectivity index (χ0) is 13.5. The number of hydrogen-bond acceptors (Lipinski definition) is 3. The van der Waals surface area contributed by atoms with Crippen LogP contribution in [0.1, 0.15) is 37.2 Å². The third-order valence-corrected chi connectivity index (χ3v) is 2.61. The molecule has 100 valence electrons. The molecule has 1 rings (SSSR count). The van der Waals surface area contributed by atoms with E-state index in [-0.39, 0.29) is 24.3 Å². The highest BCUT2D eigenvalue weighted by molar-refractivity contribution is 5.93.